The molecule has 3 aromatic rings. The predicted octanol–water partition coefficient (Wildman–Crippen LogP) is 8.18. The number of nitrogens with zero attached hydrogens (tertiary/aromatic N) is 4. The molecule has 3 aliphatic rings. The first-order valence-corrected chi connectivity index (χ1v) is 15.9. The van der Waals surface area contributed by atoms with Gasteiger partial charge in [-0.25, -0.2) is 9.78 Å². The average molecular weight is 598 g/mol. The van der Waals surface area contributed by atoms with Crippen molar-refractivity contribution in [3.05, 3.63) is 63.9 Å². The molecule has 4 heterocycles. The summed E-state index contributed by atoms with van der Waals surface area (Å²) in [5.74, 6) is 1.13. The minimum absolute atomic E-state index is 0.157. The lowest BCUT2D eigenvalue weighted by molar-refractivity contribution is 0.0282. The van der Waals surface area contributed by atoms with Crippen LogP contribution in [0.5, 0.6) is 0 Å². The molecule has 8 heteroatoms. The van der Waals surface area contributed by atoms with Gasteiger partial charge in [0.15, 0.2) is 0 Å². The van der Waals surface area contributed by atoms with E-state index in [0.29, 0.717) is 41.3 Å². The number of ether oxygens (including phenoxy) is 1. The second-order valence-corrected chi connectivity index (χ2v) is 14.2. The second-order valence-electron chi connectivity index (χ2n) is 13.4. The highest BCUT2D eigenvalue weighted by Crippen LogP contribution is 2.44. The number of benzene rings is 2. The van der Waals surface area contributed by atoms with Crippen molar-refractivity contribution in [1.82, 2.24) is 19.4 Å². The summed E-state index contributed by atoms with van der Waals surface area (Å²) in [5.41, 5.74) is 2.86. The Kier molecular flexibility index (Phi) is 7.80. The zero-order valence-electron chi connectivity index (χ0n) is 24.7. The third-order valence-electron chi connectivity index (χ3n) is 9.61. The van der Waals surface area contributed by atoms with Crippen molar-refractivity contribution in [3.63, 3.8) is 0 Å². The maximum Gasteiger partial charge on any atom is 0.410 e. The zero-order chi connectivity index (χ0) is 28.9. The number of halogens is 2. The van der Waals surface area contributed by atoms with Gasteiger partial charge in [-0.1, -0.05) is 41.4 Å². The number of carbonyl (C=O) groups is 1. The third kappa shape index (κ3) is 5.72. The van der Waals surface area contributed by atoms with Crippen LogP contribution >= 0.6 is 23.2 Å². The molecule has 2 aromatic carbocycles. The van der Waals surface area contributed by atoms with Gasteiger partial charge >= 0.3 is 6.09 Å². The number of imidazole rings is 1. The fourth-order valence-electron chi connectivity index (χ4n) is 7.81. The maximum atomic E-state index is 13.0. The van der Waals surface area contributed by atoms with E-state index >= 15 is 0 Å². The van der Waals surface area contributed by atoms with E-state index in [1.165, 1.54) is 36.8 Å². The normalized spacial score (nSPS) is 26.7. The van der Waals surface area contributed by atoms with E-state index in [4.69, 9.17) is 32.9 Å². The number of fused-ring (bicyclic) bond motifs is 3. The molecular weight excluding hydrogens is 555 g/mol. The molecule has 2 bridgehead atoms. The van der Waals surface area contributed by atoms with Gasteiger partial charge in [-0.15, -0.1) is 0 Å². The third-order valence-corrected chi connectivity index (χ3v) is 10.3. The molecule has 3 saturated heterocycles. The molecule has 3 unspecified atom stereocenters. The van der Waals surface area contributed by atoms with Gasteiger partial charge in [0.2, 0.25) is 0 Å². The number of para-hydroxylation sites is 2. The highest BCUT2D eigenvalue weighted by molar-refractivity contribution is 6.42. The molecule has 0 saturated carbocycles. The summed E-state index contributed by atoms with van der Waals surface area (Å²) in [5, 5.41) is 1.13. The molecule has 0 aliphatic carbocycles. The quantitative estimate of drug-likeness (QED) is 0.288. The summed E-state index contributed by atoms with van der Waals surface area (Å²) in [6.45, 7) is 10.3. The summed E-state index contributed by atoms with van der Waals surface area (Å²) < 4.78 is 8.23. The highest BCUT2D eigenvalue weighted by Gasteiger charge is 2.44. The van der Waals surface area contributed by atoms with E-state index in [9.17, 15) is 4.79 Å². The van der Waals surface area contributed by atoms with Crippen LogP contribution in [0.15, 0.2) is 42.5 Å². The molecule has 0 spiro atoms. The van der Waals surface area contributed by atoms with Gasteiger partial charge in [0.25, 0.3) is 0 Å². The number of hydrogen-bond donors (Lipinski definition) is 0. The number of aryl methyl sites for hydroxylation is 1. The molecule has 3 fully saturated rings. The summed E-state index contributed by atoms with van der Waals surface area (Å²) in [7, 11) is 0. The first-order chi connectivity index (χ1) is 19.5. The van der Waals surface area contributed by atoms with Crippen LogP contribution in [-0.4, -0.2) is 62.8 Å². The first-order valence-electron chi connectivity index (χ1n) is 15.2. The Morgan fingerprint density at radius 3 is 2.49 bits per heavy atom. The van der Waals surface area contributed by atoms with Gasteiger partial charge in [0.05, 0.1) is 21.1 Å². The Morgan fingerprint density at radius 2 is 1.78 bits per heavy atom. The predicted molar refractivity (Wildman–Crippen MR) is 166 cm³/mol. The zero-order valence-corrected chi connectivity index (χ0v) is 26.2. The lowest BCUT2D eigenvalue weighted by atomic mass is 9.76. The van der Waals surface area contributed by atoms with Crippen molar-refractivity contribution < 1.29 is 9.53 Å². The fraction of sp³-hybridized carbons (Fsp3) is 0.576. The molecule has 41 heavy (non-hydrogen) atoms. The standard InChI is InChI=1S/C33H42Cl2N4O2/c1-22-36-29-8-5-6-9-30(29)39(22)26-19-24-11-12-25(20-26)38(24)16-7-14-33(23-10-13-27(34)28(35)18-23)15-17-37(21-33)31(40)41-32(2,3)4/h5-6,8-10,13,18,24-26H,7,11-12,14-17,19-21H2,1-4H3. The monoisotopic (exact) mass is 596 g/mol. The van der Waals surface area contributed by atoms with Crippen molar-refractivity contribution in [1.29, 1.82) is 0 Å². The van der Waals surface area contributed by atoms with Crippen LogP contribution in [0.4, 0.5) is 4.79 Å². The number of piperidine rings is 1. The number of rotatable bonds is 6. The number of carbonyl (C=O) groups excluding carboxylic acids is 1. The van der Waals surface area contributed by atoms with Gasteiger partial charge in [0.1, 0.15) is 11.4 Å². The molecule has 0 N–H and O–H groups in total. The molecule has 3 aliphatic heterocycles. The van der Waals surface area contributed by atoms with Crippen molar-refractivity contribution >= 4 is 40.3 Å². The minimum atomic E-state index is -0.515. The van der Waals surface area contributed by atoms with Crippen molar-refractivity contribution in [3.8, 4) is 0 Å². The molecule has 220 valence electrons. The molecule has 6 rings (SSSR count). The van der Waals surface area contributed by atoms with Crippen molar-refractivity contribution in [2.24, 2.45) is 0 Å². The molecule has 3 atom stereocenters. The summed E-state index contributed by atoms with van der Waals surface area (Å²) in [4.78, 5) is 22.5. The van der Waals surface area contributed by atoms with Crippen LogP contribution in [0.2, 0.25) is 10.0 Å². The Labute approximate surface area is 253 Å². The number of amides is 1. The lowest BCUT2D eigenvalue weighted by Gasteiger charge is -2.40. The number of aromatic nitrogens is 2. The Balaban J connectivity index is 1.15. The van der Waals surface area contributed by atoms with Gasteiger partial charge in [-0.3, -0.25) is 4.90 Å². The Bertz CT molecular complexity index is 1420. The molecule has 1 aromatic heterocycles. The van der Waals surface area contributed by atoms with Crippen LogP contribution < -0.4 is 0 Å². The summed E-state index contributed by atoms with van der Waals surface area (Å²) in [6.07, 6.45) is 7.65. The lowest BCUT2D eigenvalue weighted by Crippen LogP contribution is -2.44. The van der Waals surface area contributed by atoms with Crippen LogP contribution in [0.25, 0.3) is 11.0 Å². The van der Waals surface area contributed by atoms with E-state index in [1.54, 1.807) is 0 Å². The number of hydrogen-bond acceptors (Lipinski definition) is 4. The summed E-state index contributed by atoms with van der Waals surface area (Å²) >= 11 is 12.8. The van der Waals surface area contributed by atoms with Crippen LogP contribution in [0.3, 0.4) is 0 Å². The Hall–Kier alpha value is -2.28. The van der Waals surface area contributed by atoms with E-state index in [2.05, 4.69) is 46.7 Å². The molecule has 1 amide bonds. The second kappa shape index (κ2) is 11.1. The van der Waals surface area contributed by atoms with Crippen molar-refractivity contribution in [2.45, 2.75) is 102 Å². The van der Waals surface area contributed by atoms with Crippen LogP contribution in [-0.2, 0) is 10.2 Å². The maximum absolute atomic E-state index is 13.0. The molecule has 0 radical (unpaired) electrons. The topological polar surface area (TPSA) is 50.6 Å². The van der Waals surface area contributed by atoms with Gasteiger partial charge < -0.3 is 14.2 Å². The Morgan fingerprint density at radius 1 is 1.05 bits per heavy atom. The van der Waals surface area contributed by atoms with E-state index in [0.717, 1.165) is 37.1 Å². The summed E-state index contributed by atoms with van der Waals surface area (Å²) in [6, 6.07) is 16.3. The minimum Gasteiger partial charge on any atom is -0.444 e. The van der Waals surface area contributed by atoms with E-state index < -0.39 is 5.60 Å². The van der Waals surface area contributed by atoms with E-state index in [1.807, 2.05) is 37.8 Å². The number of likely N-dealkylation sites (tertiary alicyclic amines) is 1. The average Bonchev–Trinajstić information content (AvgIpc) is 3.56. The van der Waals surface area contributed by atoms with Crippen LogP contribution in [0, 0.1) is 6.92 Å². The van der Waals surface area contributed by atoms with Gasteiger partial charge in [0, 0.05) is 36.6 Å². The smallest absolute Gasteiger partial charge is 0.410 e. The van der Waals surface area contributed by atoms with Crippen LogP contribution in [0.1, 0.15) is 83.1 Å². The molecular formula is C33H42Cl2N4O2. The van der Waals surface area contributed by atoms with Crippen molar-refractivity contribution in [2.75, 3.05) is 19.6 Å². The van der Waals surface area contributed by atoms with Gasteiger partial charge in [-0.2, -0.15) is 0 Å². The first kappa shape index (κ1) is 28.8. The largest absolute Gasteiger partial charge is 0.444 e. The van der Waals surface area contributed by atoms with Gasteiger partial charge in [-0.05, 0) is 109 Å². The fourth-order valence-corrected chi connectivity index (χ4v) is 8.11. The SMILES string of the molecule is Cc1nc2ccccc2n1C1CC2CCC(C1)N2CCCC1(c2ccc(Cl)c(Cl)c2)CCN(C(=O)OC(C)(C)C)C1. The molecule has 6 nitrogen and oxygen atoms in total. The van der Waals surface area contributed by atoms with E-state index in [-0.39, 0.29) is 11.5 Å². The highest BCUT2D eigenvalue weighted by atomic mass is 35.5.